The van der Waals surface area contributed by atoms with Crippen molar-refractivity contribution in [1.29, 1.82) is 0 Å². The van der Waals surface area contributed by atoms with E-state index >= 15 is 0 Å². The van der Waals surface area contributed by atoms with Gasteiger partial charge in [0.1, 0.15) is 5.75 Å². The number of rotatable bonds is 6. The number of nitrogens with one attached hydrogen (secondary N) is 1. The van der Waals surface area contributed by atoms with Crippen molar-refractivity contribution in [2.75, 3.05) is 26.2 Å². The molecule has 3 heterocycles. The van der Waals surface area contributed by atoms with Crippen molar-refractivity contribution in [1.82, 2.24) is 19.4 Å². The van der Waals surface area contributed by atoms with E-state index < -0.39 is 0 Å². The zero-order valence-electron chi connectivity index (χ0n) is 17.0. The second kappa shape index (κ2) is 9.15. The summed E-state index contributed by atoms with van der Waals surface area (Å²) in [4.78, 5) is 26.9. The van der Waals surface area contributed by atoms with Gasteiger partial charge >= 0.3 is 5.69 Å². The average molecular weight is 421 g/mol. The van der Waals surface area contributed by atoms with Gasteiger partial charge in [-0.3, -0.25) is 14.3 Å². The molecule has 2 aromatic rings. The summed E-state index contributed by atoms with van der Waals surface area (Å²) in [6.07, 6.45) is 4.67. The summed E-state index contributed by atoms with van der Waals surface area (Å²) in [5.74, 6) is 1.01. The average Bonchev–Trinajstić information content (AvgIpc) is 3.38. The maximum atomic E-state index is 12.6. The monoisotopic (exact) mass is 420 g/mol. The van der Waals surface area contributed by atoms with Crippen LogP contribution in [0.2, 0.25) is 0 Å². The van der Waals surface area contributed by atoms with Crippen LogP contribution in [0, 0.1) is 0 Å². The fourth-order valence-corrected chi connectivity index (χ4v) is 4.22. The van der Waals surface area contributed by atoms with Crippen molar-refractivity contribution >= 4 is 12.4 Å². The molecule has 0 radical (unpaired) electrons. The van der Waals surface area contributed by atoms with Crippen LogP contribution in [0.25, 0.3) is 0 Å². The van der Waals surface area contributed by atoms with Crippen LogP contribution in [-0.4, -0.2) is 46.3 Å². The predicted molar refractivity (Wildman–Crippen MR) is 115 cm³/mol. The molecule has 158 valence electrons. The minimum absolute atomic E-state index is 0. The Morgan fingerprint density at radius 3 is 2.86 bits per heavy atom. The molecule has 0 saturated carbocycles. The Hall–Kier alpha value is -2.09. The number of aryl methyl sites for hydroxylation is 1. The highest BCUT2D eigenvalue weighted by Crippen LogP contribution is 2.26. The van der Waals surface area contributed by atoms with Crippen LogP contribution >= 0.6 is 12.4 Å². The smallest absolute Gasteiger partial charge is 0.330 e. The second-order valence-electron chi connectivity index (χ2n) is 7.82. The van der Waals surface area contributed by atoms with Gasteiger partial charge in [0.05, 0.1) is 6.61 Å². The molecule has 1 atom stereocenters. The van der Waals surface area contributed by atoms with E-state index in [2.05, 4.69) is 28.4 Å². The maximum Gasteiger partial charge on any atom is 0.330 e. The molecular weight excluding hydrogens is 392 g/mol. The zero-order chi connectivity index (χ0) is 19.7. The van der Waals surface area contributed by atoms with Gasteiger partial charge in [0, 0.05) is 58.0 Å². The first kappa shape index (κ1) is 21.6. The zero-order valence-corrected chi connectivity index (χ0v) is 17.8. The number of benzene rings is 1. The number of nitrogens with zero attached hydrogens (tertiary/aromatic N) is 3. The van der Waals surface area contributed by atoms with Gasteiger partial charge in [-0.15, -0.1) is 12.4 Å². The summed E-state index contributed by atoms with van der Waals surface area (Å²) >= 11 is 0. The van der Waals surface area contributed by atoms with Gasteiger partial charge in [0.25, 0.3) is 5.56 Å². The number of fused-ring (bicyclic) bond motifs is 1. The largest absolute Gasteiger partial charge is 0.493 e. The van der Waals surface area contributed by atoms with Gasteiger partial charge in [0.2, 0.25) is 0 Å². The Bertz CT molecular complexity index is 979. The third-order valence-electron chi connectivity index (χ3n) is 5.88. The Balaban J connectivity index is 0.00000240. The molecule has 0 spiro atoms. The topological polar surface area (TPSA) is 68.5 Å². The number of ether oxygens (including phenoxy) is 1. The van der Waals surface area contributed by atoms with E-state index in [0.29, 0.717) is 18.2 Å². The third-order valence-corrected chi connectivity index (χ3v) is 5.88. The molecule has 2 aliphatic heterocycles. The minimum atomic E-state index is -0.289. The van der Waals surface area contributed by atoms with Crippen molar-refractivity contribution in [3.63, 3.8) is 0 Å². The molecule has 8 heteroatoms. The van der Waals surface area contributed by atoms with Gasteiger partial charge in [-0.2, -0.15) is 0 Å². The van der Waals surface area contributed by atoms with E-state index in [4.69, 9.17) is 4.74 Å². The summed E-state index contributed by atoms with van der Waals surface area (Å²) in [6, 6.07) is 6.86. The maximum absolute atomic E-state index is 12.6. The number of hydrogen-bond donors (Lipinski definition) is 1. The third kappa shape index (κ3) is 4.57. The summed E-state index contributed by atoms with van der Waals surface area (Å²) in [5, 5.41) is 3.42. The van der Waals surface area contributed by atoms with E-state index in [1.165, 1.54) is 20.3 Å². The molecule has 1 aromatic carbocycles. The predicted octanol–water partition coefficient (Wildman–Crippen LogP) is 0.847. The highest BCUT2D eigenvalue weighted by Gasteiger charge is 2.24. The SMILES string of the molecule is Cl.Cn1cc(CN(CCc2ccc3c(c2)CCO3)C2CCNC2)c(=O)n(C)c1=O. The lowest BCUT2D eigenvalue weighted by Crippen LogP contribution is -2.43. The van der Waals surface area contributed by atoms with Gasteiger partial charge in [0.15, 0.2) is 0 Å². The van der Waals surface area contributed by atoms with Crippen LogP contribution in [0.4, 0.5) is 0 Å². The van der Waals surface area contributed by atoms with Crippen LogP contribution in [0.1, 0.15) is 23.1 Å². The number of aromatic nitrogens is 2. The lowest BCUT2D eigenvalue weighted by molar-refractivity contribution is 0.200. The highest BCUT2D eigenvalue weighted by atomic mass is 35.5. The summed E-state index contributed by atoms with van der Waals surface area (Å²) in [5.41, 5.74) is 2.77. The molecule has 0 aliphatic carbocycles. The Morgan fingerprint density at radius 2 is 2.10 bits per heavy atom. The summed E-state index contributed by atoms with van der Waals surface area (Å²) in [6.45, 7) is 4.14. The molecule has 1 fully saturated rings. The molecular formula is C21H29ClN4O3. The van der Waals surface area contributed by atoms with E-state index in [1.807, 2.05) is 0 Å². The van der Waals surface area contributed by atoms with Crippen molar-refractivity contribution < 1.29 is 4.74 Å². The first-order valence-corrected chi connectivity index (χ1v) is 9.98. The van der Waals surface area contributed by atoms with Crippen molar-refractivity contribution in [3.05, 3.63) is 61.9 Å². The number of hydrogen-bond acceptors (Lipinski definition) is 5. The van der Waals surface area contributed by atoms with Gasteiger partial charge < -0.3 is 14.6 Å². The van der Waals surface area contributed by atoms with E-state index in [9.17, 15) is 9.59 Å². The lowest BCUT2D eigenvalue weighted by atomic mass is 10.1. The standard InChI is InChI=1S/C21H28N4O3.ClH/c1-23-13-17(20(26)24(2)21(23)27)14-25(18-5-8-22-12-18)9-6-15-3-4-19-16(11-15)7-10-28-19;/h3-4,11,13,18,22H,5-10,12,14H2,1-2H3;1H. The molecule has 0 bridgehead atoms. The molecule has 1 aromatic heterocycles. The van der Waals surface area contributed by atoms with Crippen molar-refractivity contribution in [2.45, 2.75) is 31.8 Å². The van der Waals surface area contributed by atoms with Crippen LogP contribution in [-0.2, 0) is 33.5 Å². The highest BCUT2D eigenvalue weighted by molar-refractivity contribution is 5.85. The van der Waals surface area contributed by atoms with Gasteiger partial charge in [-0.25, -0.2) is 4.79 Å². The van der Waals surface area contributed by atoms with Gasteiger partial charge in [-0.05, 0) is 36.6 Å². The van der Waals surface area contributed by atoms with Crippen LogP contribution in [0.15, 0.2) is 34.0 Å². The fourth-order valence-electron chi connectivity index (χ4n) is 4.22. The second-order valence-corrected chi connectivity index (χ2v) is 7.82. The normalized spacial score (nSPS) is 17.8. The summed E-state index contributed by atoms with van der Waals surface area (Å²) < 4.78 is 8.28. The molecule has 1 unspecified atom stereocenters. The minimum Gasteiger partial charge on any atom is -0.493 e. The first-order valence-electron chi connectivity index (χ1n) is 9.98. The molecule has 29 heavy (non-hydrogen) atoms. The number of halogens is 1. The molecule has 7 nitrogen and oxygen atoms in total. The van der Waals surface area contributed by atoms with Crippen molar-refractivity contribution in [2.24, 2.45) is 14.1 Å². The Morgan fingerprint density at radius 1 is 1.28 bits per heavy atom. The van der Waals surface area contributed by atoms with E-state index in [0.717, 1.165) is 51.3 Å². The lowest BCUT2D eigenvalue weighted by Gasteiger charge is -2.28. The Labute approximate surface area is 176 Å². The molecule has 1 N–H and O–H groups in total. The molecule has 1 saturated heterocycles. The van der Waals surface area contributed by atoms with Gasteiger partial charge in [-0.1, -0.05) is 12.1 Å². The van der Waals surface area contributed by atoms with E-state index in [1.54, 1.807) is 20.3 Å². The fraction of sp³-hybridized carbons (Fsp3) is 0.524. The molecule has 2 aliphatic rings. The molecule has 4 rings (SSSR count). The van der Waals surface area contributed by atoms with Crippen molar-refractivity contribution in [3.8, 4) is 5.75 Å². The van der Waals surface area contributed by atoms with Crippen LogP contribution in [0.3, 0.4) is 0 Å². The van der Waals surface area contributed by atoms with Crippen LogP contribution < -0.4 is 21.3 Å². The Kier molecular flexibility index (Phi) is 6.82. The van der Waals surface area contributed by atoms with E-state index in [-0.39, 0.29) is 23.7 Å². The first-order chi connectivity index (χ1) is 13.5. The summed E-state index contributed by atoms with van der Waals surface area (Å²) in [7, 11) is 3.24. The van der Waals surface area contributed by atoms with Crippen LogP contribution in [0.5, 0.6) is 5.75 Å². The quantitative estimate of drug-likeness (QED) is 0.750. The molecule has 0 amide bonds.